The van der Waals surface area contributed by atoms with Crippen LogP contribution in [-0.4, -0.2) is 42.7 Å². The summed E-state index contributed by atoms with van der Waals surface area (Å²) in [4.78, 5) is 2.46. The van der Waals surface area contributed by atoms with E-state index in [0.29, 0.717) is 5.75 Å². The molecule has 0 radical (unpaired) electrons. The predicted octanol–water partition coefficient (Wildman–Crippen LogP) is 0.840. The molecule has 1 fully saturated rings. The number of nitrogens with one attached hydrogen (secondary N) is 1. The minimum absolute atomic E-state index is 0.368. The topological polar surface area (TPSA) is 35.5 Å². The lowest BCUT2D eigenvalue weighted by atomic mass is 10.1. The summed E-state index contributed by atoms with van der Waals surface area (Å²) in [7, 11) is 0. The van der Waals surface area contributed by atoms with E-state index in [1.54, 1.807) is 6.07 Å². The van der Waals surface area contributed by atoms with Gasteiger partial charge in [0, 0.05) is 32.7 Å². The minimum Gasteiger partial charge on any atom is -0.508 e. The molecule has 1 aliphatic rings. The van der Waals surface area contributed by atoms with Gasteiger partial charge >= 0.3 is 0 Å². The van der Waals surface area contributed by atoms with E-state index in [-0.39, 0.29) is 0 Å². The van der Waals surface area contributed by atoms with Crippen LogP contribution in [0.4, 0.5) is 0 Å². The van der Waals surface area contributed by atoms with Gasteiger partial charge in [0.25, 0.3) is 0 Å². The Balaban J connectivity index is 1.81. The standard InChI is InChI=1S/C12H18N2O/c15-12-3-1-2-11(10-12)4-7-14-8-5-13-6-9-14/h1-3,10,13,15H,4-9H2. The van der Waals surface area contributed by atoms with Crippen LogP contribution in [0, 0.1) is 0 Å². The van der Waals surface area contributed by atoms with Crippen LogP contribution in [0.5, 0.6) is 5.75 Å². The van der Waals surface area contributed by atoms with Gasteiger partial charge in [-0.1, -0.05) is 12.1 Å². The molecule has 0 amide bonds. The van der Waals surface area contributed by atoms with Crippen LogP contribution in [0.25, 0.3) is 0 Å². The molecule has 3 nitrogen and oxygen atoms in total. The van der Waals surface area contributed by atoms with Gasteiger partial charge < -0.3 is 15.3 Å². The molecule has 0 atom stereocenters. The van der Waals surface area contributed by atoms with E-state index in [1.165, 1.54) is 5.56 Å². The molecule has 3 heteroatoms. The van der Waals surface area contributed by atoms with Crippen molar-refractivity contribution < 1.29 is 5.11 Å². The van der Waals surface area contributed by atoms with Crippen molar-refractivity contribution in [1.82, 2.24) is 10.2 Å². The summed E-state index contributed by atoms with van der Waals surface area (Å²) in [5.41, 5.74) is 1.22. The molecule has 1 aromatic rings. The average Bonchev–Trinajstić information content (AvgIpc) is 2.28. The summed E-state index contributed by atoms with van der Waals surface area (Å²) in [6.45, 7) is 5.56. The lowest BCUT2D eigenvalue weighted by molar-refractivity contribution is 0.244. The fourth-order valence-electron chi connectivity index (χ4n) is 1.93. The van der Waals surface area contributed by atoms with E-state index in [0.717, 1.165) is 39.1 Å². The van der Waals surface area contributed by atoms with Gasteiger partial charge in [0.15, 0.2) is 0 Å². The Labute approximate surface area is 90.7 Å². The second kappa shape index (κ2) is 5.14. The maximum absolute atomic E-state index is 9.33. The maximum Gasteiger partial charge on any atom is 0.115 e. The van der Waals surface area contributed by atoms with Crippen molar-refractivity contribution in [3.63, 3.8) is 0 Å². The van der Waals surface area contributed by atoms with Crippen LogP contribution in [0.3, 0.4) is 0 Å². The monoisotopic (exact) mass is 206 g/mol. The number of benzene rings is 1. The van der Waals surface area contributed by atoms with Gasteiger partial charge in [-0.05, 0) is 24.1 Å². The number of hydrogen-bond donors (Lipinski definition) is 2. The average molecular weight is 206 g/mol. The van der Waals surface area contributed by atoms with Crippen molar-refractivity contribution in [2.75, 3.05) is 32.7 Å². The molecule has 0 unspecified atom stereocenters. The van der Waals surface area contributed by atoms with E-state index in [2.05, 4.69) is 16.3 Å². The zero-order valence-electron chi connectivity index (χ0n) is 8.95. The number of hydrogen-bond acceptors (Lipinski definition) is 3. The highest BCUT2D eigenvalue weighted by molar-refractivity contribution is 5.27. The maximum atomic E-state index is 9.33. The lowest BCUT2D eigenvalue weighted by Gasteiger charge is -2.27. The highest BCUT2D eigenvalue weighted by Crippen LogP contribution is 2.11. The molecule has 0 aliphatic carbocycles. The first-order valence-corrected chi connectivity index (χ1v) is 5.55. The van der Waals surface area contributed by atoms with Crippen LogP contribution in [0.2, 0.25) is 0 Å². The van der Waals surface area contributed by atoms with Gasteiger partial charge in [-0.3, -0.25) is 0 Å². The summed E-state index contributed by atoms with van der Waals surface area (Å²) in [6, 6.07) is 7.54. The summed E-state index contributed by atoms with van der Waals surface area (Å²) in [5.74, 6) is 0.368. The van der Waals surface area contributed by atoms with Crippen molar-refractivity contribution >= 4 is 0 Å². The van der Waals surface area contributed by atoms with Crippen LogP contribution >= 0.6 is 0 Å². The Bertz CT molecular complexity index is 308. The number of rotatable bonds is 3. The summed E-state index contributed by atoms with van der Waals surface area (Å²) in [5, 5.41) is 12.7. The van der Waals surface area contributed by atoms with Crippen LogP contribution in [-0.2, 0) is 6.42 Å². The molecule has 0 aromatic heterocycles. The number of piperazine rings is 1. The third-order valence-electron chi connectivity index (χ3n) is 2.84. The Morgan fingerprint density at radius 3 is 2.80 bits per heavy atom. The SMILES string of the molecule is Oc1cccc(CCN2CCNCC2)c1. The fourth-order valence-corrected chi connectivity index (χ4v) is 1.93. The molecule has 2 N–H and O–H groups in total. The normalized spacial score (nSPS) is 17.9. The van der Waals surface area contributed by atoms with E-state index in [9.17, 15) is 5.11 Å². The molecule has 82 valence electrons. The van der Waals surface area contributed by atoms with E-state index < -0.39 is 0 Å². The van der Waals surface area contributed by atoms with Gasteiger partial charge in [-0.2, -0.15) is 0 Å². The van der Waals surface area contributed by atoms with Crippen molar-refractivity contribution in [3.05, 3.63) is 29.8 Å². The number of phenolic OH excluding ortho intramolecular Hbond substituents is 1. The van der Waals surface area contributed by atoms with E-state index >= 15 is 0 Å². The Kier molecular flexibility index (Phi) is 3.59. The molecule has 0 bridgehead atoms. The van der Waals surface area contributed by atoms with Crippen LogP contribution in [0.15, 0.2) is 24.3 Å². The molecule has 15 heavy (non-hydrogen) atoms. The first kappa shape index (κ1) is 10.5. The Morgan fingerprint density at radius 1 is 1.27 bits per heavy atom. The lowest BCUT2D eigenvalue weighted by Crippen LogP contribution is -2.44. The van der Waals surface area contributed by atoms with E-state index in [1.807, 2.05) is 12.1 Å². The quantitative estimate of drug-likeness (QED) is 0.769. The Hall–Kier alpha value is -1.06. The first-order valence-electron chi connectivity index (χ1n) is 5.55. The predicted molar refractivity (Wildman–Crippen MR) is 61.1 cm³/mol. The highest BCUT2D eigenvalue weighted by atomic mass is 16.3. The fraction of sp³-hybridized carbons (Fsp3) is 0.500. The van der Waals surface area contributed by atoms with Crippen LogP contribution in [0.1, 0.15) is 5.56 Å². The minimum atomic E-state index is 0.368. The zero-order chi connectivity index (χ0) is 10.5. The summed E-state index contributed by atoms with van der Waals surface area (Å²) < 4.78 is 0. The third kappa shape index (κ3) is 3.22. The molecule has 0 spiro atoms. The smallest absolute Gasteiger partial charge is 0.115 e. The molecular weight excluding hydrogens is 188 g/mol. The van der Waals surface area contributed by atoms with Gasteiger partial charge in [-0.15, -0.1) is 0 Å². The van der Waals surface area contributed by atoms with Crippen molar-refractivity contribution in [2.45, 2.75) is 6.42 Å². The van der Waals surface area contributed by atoms with Crippen LogP contribution < -0.4 is 5.32 Å². The van der Waals surface area contributed by atoms with Gasteiger partial charge in [0.1, 0.15) is 5.75 Å². The second-order valence-electron chi connectivity index (χ2n) is 4.01. The Morgan fingerprint density at radius 2 is 2.07 bits per heavy atom. The van der Waals surface area contributed by atoms with Crippen molar-refractivity contribution in [1.29, 1.82) is 0 Å². The number of nitrogens with zero attached hydrogens (tertiary/aromatic N) is 1. The number of aromatic hydroxyl groups is 1. The molecule has 2 rings (SSSR count). The molecule has 1 aromatic carbocycles. The molecule has 0 saturated carbocycles. The largest absolute Gasteiger partial charge is 0.508 e. The summed E-state index contributed by atoms with van der Waals surface area (Å²) >= 11 is 0. The molecular formula is C12H18N2O. The molecule has 1 aliphatic heterocycles. The molecule has 1 heterocycles. The highest BCUT2D eigenvalue weighted by Gasteiger charge is 2.08. The second-order valence-corrected chi connectivity index (χ2v) is 4.01. The van der Waals surface area contributed by atoms with Crippen molar-refractivity contribution in [2.24, 2.45) is 0 Å². The molecule has 1 saturated heterocycles. The van der Waals surface area contributed by atoms with Gasteiger partial charge in [-0.25, -0.2) is 0 Å². The van der Waals surface area contributed by atoms with E-state index in [4.69, 9.17) is 0 Å². The summed E-state index contributed by atoms with van der Waals surface area (Å²) in [6.07, 6.45) is 1.02. The van der Waals surface area contributed by atoms with Crippen molar-refractivity contribution in [3.8, 4) is 5.75 Å². The first-order chi connectivity index (χ1) is 7.34. The zero-order valence-corrected chi connectivity index (χ0v) is 8.95. The van der Waals surface area contributed by atoms with Gasteiger partial charge in [0.2, 0.25) is 0 Å². The number of phenols is 1. The third-order valence-corrected chi connectivity index (χ3v) is 2.84. The van der Waals surface area contributed by atoms with Gasteiger partial charge in [0.05, 0.1) is 0 Å².